The number of pyridine rings is 1. The Balaban J connectivity index is 0.000000391. The molecule has 43 heavy (non-hydrogen) atoms. The first-order valence-corrected chi connectivity index (χ1v) is 15.8. The zero-order valence-corrected chi connectivity index (χ0v) is 26.4. The van der Waals surface area contributed by atoms with Crippen LogP contribution in [0.2, 0.25) is 10.0 Å². The Hall–Kier alpha value is -4.37. The van der Waals surface area contributed by atoms with Gasteiger partial charge in [-0.05, 0) is 53.3 Å². The van der Waals surface area contributed by atoms with E-state index in [1.807, 2.05) is 5.73 Å². The highest BCUT2D eigenvalue weighted by molar-refractivity contribution is 8.01. The summed E-state index contributed by atoms with van der Waals surface area (Å²) in [6, 6.07) is 9.36. The molecule has 13 heteroatoms. The number of amides is 1. The van der Waals surface area contributed by atoms with Crippen LogP contribution in [0.25, 0.3) is 0 Å². The van der Waals surface area contributed by atoms with Crippen LogP contribution in [-0.4, -0.2) is 31.5 Å². The first kappa shape index (κ1) is 34.8. The lowest BCUT2D eigenvalue weighted by Gasteiger charge is -2.05. The predicted octanol–water partition coefficient (Wildman–Crippen LogP) is 7.50. The Morgan fingerprint density at radius 1 is 1.07 bits per heavy atom. The monoisotopic (exact) mass is 681 g/mol. The summed E-state index contributed by atoms with van der Waals surface area (Å²) in [5.41, 5.74) is 19.5. The van der Waals surface area contributed by atoms with Gasteiger partial charge in [-0.2, -0.15) is 5.26 Å². The number of halogens is 3. The van der Waals surface area contributed by atoms with Crippen molar-refractivity contribution in [3.05, 3.63) is 127 Å². The fourth-order valence-corrected chi connectivity index (χ4v) is 6.05. The molecule has 0 spiro atoms. The number of carbonyl (C=O) groups is 1. The van der Waals surface area contributed by atoms with Crippen molar-refractivity contribution in [2.24, 2.45) is 0 Å². The van der Waals surface area contributed by atoms with Crippen LogP contribution >= 0.6 is 57.9 Å². The molecule has 0 radical (unpaired) electrons. The summed E-state index contributed by atoms with van der Waals surface area (Å²) >= 11 is 20.1. The number of nitrogens with zero attached hydrogens (tertiary/aromatic N) is 2. The Kier molecular flexibility index (Phi) is 14.2. The second-order valence-electron chi connectivity index (χ2n) is 7.38. The number of aromatic nitrogens is 1. The van der Waals surface area contributed by atoms with Crippen LogP contribution in [0, 0.1) is 11.3 Å². The van der Waals surface area contributed by atoms with E-state index in [1.54, 1.807) is 0 Å². The molecular weight excluding hydrogens is 669 g/mol. The molecule has 0 saturated carbocycles. The van der Waals surface area contributed by atoms with Crippen molar-refractivity contribution in [3.63, 3.8) is 0 Å². The second-order valence-corrected chi connectivity index (χ2v) is 13.0. The van der Waals surface area contributed by atoms with Gasteiger partial charge in [-0.15, -0.1) is 17.1 Å². The van der Waals surface area contributed by atoms with Gasteiger partial charge in [0.05, 0.1) is 39.5 Å². The van der Waals surface area contributed by atoms with E-state index in [4.69, 9.17) is 34.8 Å². The third-order valence-electron chi connectivity index (χ3n) is 4.36. The van der Waals surface area contributed by atoms with Crippen LogP contribution in [0.4, 0.5) is 5.69 Å². The number of hydrogen-bond acceptors (Lipinski definition) is 8. The largest absolute Gasteiger partial charge is 0.321 e. The van der Waals surface area contributed by atoms with Gasteiger partial charge >= 0.3 is 0 Å². The van der Waals surface area contributed by atoms with Gasteiger partial charge in [0.1, 0.15) is 6.07 Å². The number of thiophene rings is 1. The van der Waals surface area contributed by atoms with Crippen LogP contribution in [0.1, 0.15) is 15.2 Å². The number of anilines is 1. The maximum Gasteiger partial charge on any atom is 0.265 e. The molecule has 0 atom stereocenters. The van der Waals surface area contributed by atoms with Gasteiger partial charge in [0.2, 0.25) is 0 Å². The third-order valence-corrected chi connectivity index (χ3v) is 8.97. The van der Waals surface area contributed by atoms with Crippen molar-refractivity contribution in [2.75, 3.05) is 11.6 Å². The molecule has 2 aromatic heterocycles. The number of nitriles is 1. The van der Waals surface area contributed by atoms with E-state index in [1.165, 1.54) is 66.5 Å². The summed E-state index contributed by atoms with van der Waals surface area (Å²) in [6.07, 6.45) is 5.42. The summed E-state index contributed by atoms with van der Waals surface area (Å²) in [6.45, 7) is 3.32. The van der Waals surface area contributed by atoms with Gasteiger partial charge in [0.25, 0.3) is 5.91 Å². The molecule has 1 N–H and O–H groups in total. The highest BCUT2D eigenvalue weighted by Crippen LogP contribution is 2.42. The highest BCUT2D eigenvalue weighted by Gasteiger charge is 2.18. The van der Waals surface area contributed by atoms with E-state index < -0.39 is 15.7 Å². The summed E-state index contributed by atoms with van der Waals surface area (Å²) in [5.74, 6) is 0.952. The number of hydrogen-bond donors (Lipinski definition) is 1. The summed E-state index contributed by atoms with van der Waals surface area (Å²) in [7, 11) is -3.32. The van der Waals surface area contributed by atoms with Crippen LogP contribution < -0.4 is 5.32 Å². The fraction of sp³-hybridized carbons (Fsp3) is 0.0333. The highest BCUT2D eigenvalue weighted by atomic mass is 35.5. The Labute approximate surface area is 270 Å². The van der Waals surface area contributed by atoms with Gasteiger partial charge in [-0.3, -0.25) is 9.78 Å². The van der Waals surface area contributed by atoms with E-state index in [2.05, 4.69) is 63.1 Å². The lowest BCUT2D eigenvalue weighted by molar-refractivity contribution is 0.103. The molecule has 3 aromatic rings. The number of benzene rings is 1. The second kappa shape index (κ2) is 17.6. The molecule has 1 aromatic carbocycles. The lowest BCUT2D eigenvalue weighted by Crippen LogP contribution is -2.10. The zero-order valence-electron chi connectivity index (χ0n) is 21.7. The van der Waals surface area contributed by atoms with Gasteiger partial charge in [0, 0.05) is 47.6 Å². The van der Waals surface area contributed by atoms with E-state index in [-0.39, 0.29) is 4.90 Å². The average molecular weight is 683 g/mol. The molecule has 0 saturated heterocycles. The van der Waals surface area contributed by atoms with E-state index in [0.717, 1.165) is 17.6 Å². The maximum absolute atomic E-state index is 12.6. The van der Waals surface area contributed by atoms with Crippen LogP contribution in [0.15, 0.2) is 120 Å². The molecule has 1 amide bonds. The number of allylic oxidation sites excluding steroid dienone is 2. The Morgan fingerprint density at radius 3 is 2.23 bits per heavy atom. The van der Waals surface area contributed by atoms with E-state index in [9.17, 15) is 23.3 Å². The normalized spacial score (nSPS) is 9.09. The average Bonchev–Trinajstić information content (AvgIpc) is 3.38. The van der Waals surface area contributed by atoms with E-state index in [0.29, 0.717) is 40.3 Å². The maximum atomic E-state index is 12.6. The molecular formula is C30H14Cl3N3O4S3. The number of sulfone groups is 1. The van der Waals surface area contributed by atoms with Gasteiger partial charge in [-0.25, -0.2) is 13.2 Å². The topological polar surface area (TPSA) is 117 Å². The third kappa shape index (κ3) is 11.8. The van der Waals surface area contributed by atoms with Gasteiger partial charge < -0.3 is 5.32 Å². The van der Waals surface area contributed by atoms with Crippen molar-refractivity contribution in [1.29, 1.82) is 5.26 Å². The molecule has 0 aliphatic heterocycles. The minimum atomic E-state index is -3.32. The Morgan fingerprint density at radius 2 is 1.67 bits per heavy atom. The molecule has 0 fully saturated rings. The molecule has 3 rings (SSSR count). The summed E-state index contributed by atoms with van der Waals surface area (Å²) in [5, 5.41) is 13.1. The minimum Gasteiger partial charge on any atom is -0.321 e. The zero-order chi connectivity index (χ0) is 31.8. The summed E-state index contributed by atoms with van der Waals surface area (Å²) < 4.78 is 23.6. The molecule has 212 valence electrons. The first-order chi connectivity index (χ1) is 20.5. The quantitative estimate of drug-likeness (QED) is 0.163. The molecule has 2 heterocycles. The fourth-order valence-electron chi connectivity index (χ4n) is 2.57. The lowest BCUT2D eigenvalue weighted by atomic mass is 10.3. The van der Waals surface area contributed by atoms with Crippen molar-refractivity contribution < 1.29 is 18.0 Å². The smallest absolute Gasteiger partial charge is 0.265 e. The Bertz CT molecular complexity index is 2060. The van der Waals surface area contributed by atoms with Crippen LogP contribution in [0.3, 0.4) is 0 Å². The standard InChI is InChI=1S/C18H11Cl2N3O3S3.C12H3ClO/c1-29(25,26)12-4-2-11(3-5-12)23-17(24)15-6-10(7-21)18(27-15)28-16-13(19)8-22-9-14(16)20;1-2-9-12(13)10-7-5-3-4-6-8-11-14/h2-6,8-9H,1H3,(H,23,24);9H,1H2. The van der Waals surface area contributed by atoms with Gasteiger partial charge in [-0.1, -0.05) is 53.1 Å². The number of carbonyl (C=O) groups excluding carboxylic acids is 2. The number of rotatable bonds is 6. The van der Waals surface area contributed by atoms with Crippen molar-refractivity contribution >= 4 is 85.3 Å². The molecule has 0 aliphatic carbocycles. The summed E-state index contributed by atoms with van der Waals surface area (Å²) in [4.78, 5) is 27.1. The predicted molar refractivity (Wildman–Crippen MR) is 168 cm³/mol. The SMILES string of the molecule is C=C=CC(Cl)=C=C=C=C=C=C=C=C=O.CS(=O)(=O)c1ccc(NC(=O)c2cc(C#N)c(Sc3c(Cl)cncc3Cl)s2)cc1. The van der Waals surface area contributed by atoms with Crippen molar-refractivity contribution in [1.82, 2.24) is 4.98 Å². The van der Waals surface area contributed by atoms with Gasteiger partial charge in [0.15, 0.2) is 15.8 Å². The first-order valence-electron chi connectivity index (χ1n) is 11.1. The van der Waals surface area contributed by atoms with Crippen LogP contribution in [-0.2, 0) is 14.6 Å². The minimum absolute atomic E-state index is 0.156. The number of nitrogens with one attached hydrogen (secondary N) is 1. The van der Waals surface area contributed by atoms with Crippen molar-refractivity contribution in [2.45, 2.75) is 14.0 Å². The molecule has 0 aliphatic rings. The van der Waals surface area contributed by atoms with Crippen molar-refractivity contribution in [3.8, 4) is 6.07 Å². The molecule has 0 bridgehead atoms. The van der Waals surface area contributed by atoms with Crippen LogP contribution in [0.5, 0.6) is 0 Å². The van der Waals surface area contributed by atoms with E-state index >= 15 is 0 Å². The molecule has 0 unspecified atom stereocenters. The molecule has 7 nitrogen and oxygen atoms in total.